The fourth-order valence-corrected chi connectivity index (χ4v) is 3.32. The number of rotatable bonds is 6. The summed E-state index contributed by atoms with van der Waals surface area (Å²) in [5, 5.41) is 7.07. The van der Waals surface area contributed by atoms with Crippen molar-refractivity contribution in [2.24, 2.45) is 0 Å². The Labute approximate surface area is 160 Å². The van der Waals surface area contributed by atoms with E-state index in [0.29, 0.717) is 11.5 Å². The lowest BCUT2D eigenvalue weighted by atomic mass is 10.1. The molecule has 0 unspecified atom stereocenters. The second-order valence-corrected chi connectivity index (χ2v) is 7.08. The standard InChI is InChI=1S/C21H25N3OS/c1-16-9-11-17(12-10-16)5-3-13-22-21(26)23-18-6-2-7-19(15-18)24-14-4-8-20(24)25/h2,6-7,9-12,15H,3-5,8,13-14H2,1H3,(H2,22,23,26). The van der Waals surface area contributed by atoms with Crippen LogP contribution in [0.1, 0.15) is 30.4 Å². The van der Waals surface area contributed by atoms with E-state index in [1.807, 2.05) is 29.2 Å². The van der Waals surface area contributed by atoms with Crippen molar-refractivity contribution >= 4 is 34.6 Å². The Morgan fingerprint density at radius 2 is 2.00 bits per heavy atom. The van der Waals surface area contributed by atoms with Gasteiger partial charge in [-0.25, -0.2) is 0 Å². The highest BCUT2D eigenvalue weighted by atomic mass is 32.1. The first kappa shape index (κ1) is 18.4. The Hall–Kier alpha value is -2.40. The maximum atomic E-state index is 11.9. The fraction of sp³-hybridized carbons (Fsp3) is 0.333. The molecule has 1 aliphatic rings. The number of amides is 1. The van der Waals surface area contributed by atoms with E-state index in [1.165, 1.54) is 11.1 Å². The van der Waals surface area contributed by atoms with Gasteiger partial charge in [0.2, 0.25) is 5.91 Å². The molecule has 1 aliphatic heterocycles. The van der Waals surface area contributed by atoms with Crippen molar-refractivity contribution < 1.29 is 4.79 Å². The topological polar surface area (TPSA) is 44.4 Å². The maximum Gasteiger partial charge on any atom is 0.227 e. The van der Waals surface area contributed by atoms with Gasteiger partial charge < -0.3 is 15.5 Å². The van der Waals surface area contributed by atoms with Crippen molar-refractivity contribution in [2.45, 2.75) is 32.6 Å². The van der Waals surface area contributed by atoms with E-state index in [1.54, 1.807) is 0 Å². The summed E-state index contributed by atoms with van der Waals surface area (Å²) in [6, 6.07) is 16.5. The first-order chi connectivity index (χ1) is 12.6. The minimum absolute atomic E-state index is 0.193. The molecule has 0 bridgehead atoms. The van der Waals surface area contributed by atoms with E-state index in [-0.39, 0.29) is 5.91 Å². The van der Waals surface area contributed by atoms with Gasteiger partial charge in [0, 0.05) is 30.9 Å². The minimum atomic E-state index is 0.193. The van der Waals surface area contributed by atoms with Crippen molar-refractivity contribution in [2.75, 3.05) is 23.3 Å². The summed E-state index contributed by atoms with van der Waals surface area (Å²) < 4.78 is 0. The number of nitrogens with one attached hydrogen (secondary N) is 2. The van der Waals surface area contributed by atoms with Gasteiger partial charge >= 0.3 is 0 Å². The molecular formula is C21H25N3OS. The Morgan fingerprint density at radius 3 is 2.73 bits per heavy atom. The van der Waals surface area contributed by atoms with Gasteiger partial charge in [0.25, 0.3) is 0 Å². The van der Waals surface area contributed by atoms with Crippen molar-refractivity contribution in [1.29, 1.82) is 0 Å². The molecule has 0 saturated carbocycles. The summed E-state index contributed by atoms with van der Waals surface area (Å²) in [6.45, 7) is 3.72. The van der Waals surface area contributed by atoms with E-state index in [2.05, 4.69) is 41.8 Å². The second-order valence-electron chi connectivity index (χ2n) is 6.67. The summed E-state index contributed by atoms with van der Waals surface area (Å²) >= 11 is 5.38. The summed E-state index contributed by atoms with van der Waals surface area (Å²) in [6.07, 6.45) is 3.62. The number of hydrogen-bond donors (Lipinski definition) is 2. The monoisotopic (exact) mass is 367 g/mol. The van der Waals surface area contributed by atoms with Crippen LogP contribution in [0.25, 0.3) is 0 Å². The van der Waals surface area contributed by atoms with Crippen molar-refractivity contribution in [3.63, 3.8) is 0 Å². The predicted molar refractivity (Wildman–Crippen MR) is 112 cm³/mol. The SMILES string of the molecule is Cc1ccc(CCCNC(=S)Nc2cccc(N3CCCC3=O)c2)cc1. The van der Waals surface area contributed by atoms with Gasteiger partial charge in [-0.15, -0.1) is 0 Å². The molecule has 1 heterocycles. The molecule has 0 aliphatic carbocycles. The average molecular weight is 368 g/mol. The minimum Gasteiger partial charge on any atom is -0.362 e. The first-order valence-corrected chi connectivity index (χ1v) is 9.53. The Bertz CT molecular complexity index is 773. The lowest BCUT2D eigenvalue weighted by Crippen LogP contribution is -2.29. The number of anilines is 2. The van der Waals surface area contributed by atoms with Crippen LogP contribution in [0.15, 0.2) is 48.5 Å². The third-order valence-electron chi connectivity index (χ3n) is 4.54. The summed E-state index contributed by atoms with van der Waals surface area (Å²) in [5.41, 5.74) is 4.47. The molecule has 2 N–H and O–H groups in total. The number of benzene rings is 2. The molecular weight excluding hydrogens is 342 g/mol. The van der Waals surface area contributed by atoms with E-state index in [0.717, 1.165) is 43.7 Å². The van der Waals surface area contributed by atoms with Crippen LogP contribution < -0.4 is 15.5 Å². The maximum absolute atomic E-state index is 11.9. The molecule has 136 valence electrons. The van der Waals surface area contributed by atoms with Crippen LogP contribution in [0, 0.1) is 6.92 Å². The van der Waals surface area contributed by atoms with Gasteiger partial charge in [0.05, 0.1) is 0 Å². The van der Waals surface area contributed by atoms with E-state index >= 15 is 0 Å². The molecule has 2 aromatic rings. The van der Waals surface area contributed by atoms with Crippen LogP contribution in [0.3, 0.4) is 0 Å². The van der Waals surface area contributed by atoms with Gasteiger partial charge in [0.15, 0.2) is 5.11 Å². The molecule has 0 radical (unpaired) electrons. The van der Waals surface area contributed by atoms with E-state index in [4.69, 9.17) is 12.2 Å². The van der Waals surface area contributed by atoms with E-state index < -0.39 is 0 Å². The number of thiocarbonyl (C=S) groups is 1. The average Bonchev–Trinajstić information content (AvgIpc) is 3.06. The van der Waals surface area contributed by atoms with Crippen LogP contribution in [0.4, 0.5) is 11.4 Å². The molecule has 0 spiro atoms. The van der Waals surface area contributed by atoms with Crippen LogP contribution in [0.2, 0.25) is 0 Å². The Balaban J connectivity index is 1.44. The van der Waals surface area contributed by atoms with Gasteiger partial charge in [-0.05, 0) is 62.2 Å². The smallest absolute Gasteiger partial charge is 0.227 e. The van der Waals surface area contributed by atoms with Crippen molar-refractivity contribution in [3.05, 3.63) is 59.7 Å². The lowest BCUT2D eigenvalue weighted by Gasteiger charge is -2.17. The highest BCUT2D eigenvalue weighted by Crippen LogP contribution is 2.24. The lowest BCUT2D eigenvalue weighted by molar-refractivity contribution is -0.117. The zero-order chi connectivity index (χ0) is 18.4. The van der Waals surface area contributed by atoms with Crippen LogP contribution in [-0.4, -0.2) is 24.1 Å². The molecule has 26 heavy (non-hydrogen) atoms. The van der Waals surface area contributed by atoms with Crippen LogP contribution in [0.5, 0.6) is 0 Å². The number of carbonyl (C=O) groups is 1. The number of aryl methyl sites for hydroxylation is 2. The Morgan fingerprint density at radius 1 is 1.19 bits per heavy atom. The summed E-state index contributed by atoms with van der Waals surface area (Å²) in [4.78, 5) is 13.7. The molecule has 1 amide bonds. The number of hydrogen-bond acceptors (Lipinski definition) is 2. The molecule has 2 aromatic carbocycles. The Kier molecular flexibility index (Phi) is 6.23. The van der Waals surface area contributed by atoms with Crippen molar-refractivity contribution in [1.82, 2.24) is 5.32 Å². The number of carbonyl (C=O) groups excluding carboxylic acids is 1. The predicted octanol–water partition coefficient (Wildman–Crippen LogP) is 4.04. The van der Waals surface area contributed by atoms with E-state index in [9.17, 15) is 4.79 Å². The van der Waals surface area contributed by atoms with Crippen molar-refractivity contribution in [3.8, 4) is 0 Å². The molecule has 1 saturated heterocycles. The molecule has 5 heteroatoms. The molecule has 4 nitrogen and oxygen atoms in total. The third kappa shape index (κ3) is 5.05. The second kappa shape index (κ2) is 8.81. The molecule has 1 fully saturated rings. The zero-order valence-electron chi connectivity index (χ0n) is 15.1. The first-order valence-electron chi connectivity index (χ1n) is 9.13. The highest BCUT2D eigenvalue weighted by Gasteiger charge is 2.21. The summed E-state index contributed by atoms with van der Waals surface area (Å²) in [7, 11) is 0. The largest absolute Gasteiger partial charge is 0.362 e. The third-order valence-corrected chi connectivity index (χ3v) is 4.78. The van der Waals surface area contributed by atoms with Gasteiger partial charge in [-0.2, -0.15) is 0 Å². The number of nitrogens with zero attached hydrogens (tertiary/aromatic N) is 1. The molecule has 0 aromatic heterocycles. The van der Waals surface area contributed by atoms with Gasteiger partial charge in [0.1, 0.15) is 0 Å². The van der Waals surface area contributed by atoms with Crippen LogP contribution >= 0.6 is 12.2 Å². The van der Waals surface area contributed by atoms with Gasteiger partial charge in [-0.1, -0.05) is 35.9 Å². The van der Waals surface area contributed by atoms with Gasteiger partial charge in [-0.3, -0.25) is 4.79 Å². The quantitative estimate of drug-likeness (QED) is 0.597. The highest BCUT2D eigenvalue weighted by molar-refractivity contribution is 7.80. The zero-order valence-corrected chi connectivity index (χ0v) is 15.9. The molecule has 3 rings (SSSR count). The fourth-order valence-electron chi connectivity index (χ4n) is 3.10. The van der Waals surface area contributed by atoms with Crippen LogP contribution in [-0.2, 0) is 11.2 Å². The molecule has 0 atom stereocenters. The normalized spacial score (nSPS) is 13.7. The summed E-state index contributed by atoms with van der Waals surface area (Å²) in [5.74, 6) is 0.193.